The van der Waals surface area contributed by atoms with Gasteiger partial charge in [0.25, 0.3) is 0 Å². The predicted molar refractivity (Wildman–Crippen MR) is 356 cm³/mol. The number of hydrogen-bond donors (Lipinski definition) is 7. The van der Waals surface area contributed by atoms with Crippen molar-refractivity contribution >= 4 is 69.9 Å². The molecule has 7 aromatic carbocycles. The molecule has 8 N–H and O–H groups in total. The maximum absolute atomic E-state index is 13.7. The van der Waals surface area contributed by atoms with Gasteiger partial charge in [-0.2, -0.15) is 0 Å². The lowest BCUT2D eigenvalue weighted by Gasteiger charge is -2.19. The van der Waals surface area contributed by atoms with Crippen molar-refractivity contribution in [3.05, 3.63) is 256 Å². The summed E-state index contributed by atoms with van der Waals surface area (Å²) in [5, 5.41) is 42.5. The van der Waals surface area contributed by atoms with Crippen LogP contribution in [0.5, 0.6) is 0 Å². The summed E-state index contributed by atoms with van der Waals surface area (Å²) in [5.74, 6) is -10.1. The number of nitrogens with two attached hydrogens (primary N) is 1. The zero-order valence-corrected chi connectivity index (χ0v) is 57.7. The molecule has 0 saturated carbocycles. The van der Waals surface area contributed by atoms with Gasteiger partial charge in [-0.3, -0.25) is 0 Å². The number of methoxy groups -OCH3 is 3. The minimum absolute atomic E-state index is 0.0203. The molecule has 32 heteroatoms. The molecule has 0 aliphatic carbocycles. The molecule has 7 rings (SSSR count). The van der Waals surface area contributed by atoms with Crippen LogP contribution in [0.2, 0.25) is 0 Å². The van der Waals surface area contributed by atoms with E-state index in [1.165, 1.54) is 106 Å². The number of rotatable bonds is 15. The SMILES string of the molecule is CC(C)(C)OC(=O)NCc1ccc(C(=O)O)cc1F.COC(=O)c1ccc(CN)c(F)c1.COC(=O)c1ccc(CN=[N+]=[N-])c(F)c1.COC(=O)c1ccc(CNC(=O)OC(C)(C)C)c(F)c1.Cc1ccc(C(=O)O)cc1F.Cc1ccc(C(=O)O)cc1F.O=C(O)c1ccc(CBr)c(F)c1. The standard InChI is InChI=1S/C14H18FNO4.C13H16FNO4.C9H8FN3O2.C9H10FNO2.C8H6BrFO2.2C8H7FO2/c1-14(2,3)20-13(18)16-8-10-6-5-9(7-11(10)15)12(17)19-4;1-13(2,3)19-12(18)15-7-9-5-4-8(11(16)17)6-10(9)14;1-15-9(14)6-2-3-7(5-12-13-11)8(10)4-6;1-13-9(12)6-2-3-7(5-11)8(10)4-6;9-4-6-2-1-5(8(11)12)3-7(6)10;2*1-5-2-3-6(8(10)11)4-7(5)9/h5-7H,8H2,1-4H3,(H,16,18);4-6H,7H2,1-3H3,(H,15,18)(H,16,17);2-4H,5H2,1H3;2-4H,5,11H2,1H3;1-3H,4H2,(H,11,12);2*2-4H,1H3,(H,10,11). The van der Waals surface area contributed by atoms with Crippen LogP contribution in [0.1, 0.15) is 153 Å². The van der Waals surface area contributed by atoms with E-state index >= 15 is 0 Å². The van der Waals surface area contributed by atoms with Gasteiger partial charge < -0.3 is 60.5 Å². The first-order valence-electron chi connectivity index (χ1n) is 29.0. The normalized spacial score (nSPS) is 10.1. The molecule has 0 aliphatic heterocycles. The Labute approximate surface area is 582 Å². The zero-order valence-electron chi connectivity index (χ0n) is 56.1. The summed E-state index contributed by atoms with van der Waals surface area (Å²) in [6.45, 7) is 13.5. The van der Waals surface area contributed by atoms with Crippen LogP contribution < -0.4 is 16.4 Å². The molecule has 0 heterocycles. The molecule has 0 bridgehead atoms. The summed E-state index contributed by atoms with van der Waals surface area (Å²) in [6, 6.07) is 26.8. The molecule has 0 radical (unpaired) electrons. The summed E-state index contributed by atoms with van der Waals surface area (Å²) in [6.07, 6.45) is -1.29. The summed E-state index contributed by atoms with van der Waals surface area (Å²) < 4.78 is 115. The highest BCUT2D eigenvalue weighted by atomic mass is 79.9. The number of esters is 3. The van der Waals surface area contributed by atoms with Gasteiger partial charge >= 0.3 is 54.0 Å². The van der Waals surface area contributed by atoms with Gasteiger partial charge in [0, 0.05) is 46.6 Å². The van der Waals surface area contributed by atoms with Crippen LogP contribution in [-0.2, 0) is 55.2 Å². The Kier molecular flexibility index (Phi) is 37.4. The van der Waals surface area contributed by atoms with Gasteiger partial charge in [0.15, 0.2) is 0 Å². The van der Waals surface area contributed by atoms with Gasteiger partial charge in [0.1, 0.15) is 51.9 Å². The topological polar surface area (TPSA) is 380 Å². The number of alkyl carbamates (subject to hydrolysis) is 2. The average molecular weight is 1490 g/mol. The van der Waals surface area contributed by atoms with Gasteiger partial charge in [-0.25, -0.2) is 73.9 Å². The minimum atomic E-state index is -1.20. The first-order valence-corrected chi connectivity index (χ1v) is 30.1. The van der Waals surface area contributed by atoms with Crippen molar-refractivity contribution in [2.75, 3.05) is 21.3 Å². The number of azide groups is 1. The van der Waals surface area contributed by atoms with Gasteiger partial charge in [0.2, 0.25) is 0 Å². The molecule has 0 aromatic heterocycles. The fourth-order valence-electron chi connectivity index (χ4n) is 6.95. The van der Waals surface area contributed by atoms with E-state index in [2.05, 4.69) is 50.8 Å². The molecule has 101 heavy (non-hydrogen) atoms. The smallest absolute Gasteiger partial charge is 0.407 e. The van der Waals surface area contributed by atoms with Crippen molar-refractivity contribution < 1.29 is 118 Å². The van der Waals surface area contributed by atoms with Crippen LogP contribution in [0.3, 0.4) is 0 Å². The third-order valence-corrected chi connectivity index (χ3v) is 12.8. The number of carbonyl (C=O) groups is 9. The zero-order chi connectivity index (χ0) is 77.1. The van der Waals surface area contributed by atoms with Crippen LogP contribution >= 0.6 is 15.9 Å². The van der Waals surface area contributed by atoms with Crippen LogP contribution in [0.15, 0.2) is 133 Å². The highest BCUT2D eigenvalue weighted by molar-refractivity contribution is 9.08. The van der Waals surface area contributed by atoms with Gasteiger partial charge in [-0.15, -0.1) is 0 Å². The van der Waals surface area contributed by atoms with Crippen molar-refractivity contribution in [1.82, 2.24) is 10.6 Å². The van der Waals surface area contributed by atoms with E-state index in [1.54, 1.807) is 55.4 Å². The molecule has 0 fully saturated rings. The molecule has 0 saturated heterocycles. The number of hydrogen-bond acceptors (Lipinski definition) is 16. The van der Waals surface area contributed by atoms with E-state index in [-0.39, 0.29) is 81.8 Å². The molecule has 0 aliphatic rings. The number of halogens is 8. The quantitative estimate of drug-likeness (QED) is 0.00953. The van der Waals surface area contributed by atoms with E-state index < -0.39 is 106 Å². The van der Waals surface area contributed by atoms with Gasteiger partial charge in [0.05, 0.1) is 66.8 Å². The number of amides is 2. The molecule has 2 amide bonds. The Morgan fingerprint density at radius 3 is 0.941 bits per heavy atom. The van der Waals surface area contributed by atoms with Crippen LogP contribution in [0.4, 0.5) is 40.3 Å². The largest absolute Gasteiger partial charge is 0.478 e. The predicted octanol–water partition coefficient (Wildman–Crippen LogP) is 14.8. The Hall–Kier alpha value is -11.4. The Balaban J connectivity index is 0.000000596. The number of aryl methyl sites for hydroxylation is 2. The van der Waals surface area contributed by atoms with Crippen molar-refractivity contribution in [2.45, 2.75) is 98.1 Å². The second-order valence-corrected chi connectivity index (χ2v) is 22.7. The third kappa shape index (κ3) is 33.2. The van der Waals surface area contributed by atoms with Crippen molar-refractivity contribution in [3.8, 4) is 0 Å². The summed E-state index contributed by atoms with van der Waals surface area (Å²) in [7, 11) is 3.68. The van der Waals surface area contributed by atoms with Crippen molar-refractivity contribution in [1.29, 1.82) is 0 Å². The number of aromatic carboxylic acids is 4. The van der Waals surface area contributed by atoms with E-state index in [4.69, 9.17) is 41.2 Å². The summed E-state index contributed by atoms with van der Waals surface area (Å²) >= 11 is 3.08. The number of carbonyl (C=O) groups excluding carboxylic acids is 5. The van der Waals surface area contributed by atoms with Crippen molar-refractivity contribution in [2.24, 2.45) is 10.8 Å². The molecule has 0 spiro atoms. The summed E-state index contributed by atoms with van der Waals surface area (Å²) in [5.41, 5.74) is 14.7. The molecule has 7 aromatic rings. The van der Waals surface area contributed by atoms with E-state index in [0.29, 0.717) is 27.6 Å². The highest BCUT2D eigenvalue weighted by Gasteiger charge is 2.19. The minimum Gasteiger partial charge on any atom is -0.478 e. The molecule has 24 nitrogen and oxygen atoms in total. The molecule has 542 valence electrons. The molecule has 0 atom stereocenters. The van der Waals surface area contributed by atoms with Gasteiger partial charge in [-0.1, -0.05) is 63.5 Å². The fourth-order valence-corrected chi connectivity index (χ4v) is 7.40. The number of nitrogens with one attached hydrogen (secondary N) is 2. The van der Waals surface area contributed by atoms with Crippen molar-refractivity contribution in [3.63, 3.8) is 0 Å². The number of ether oxygens (including phenoxy) is 5. The molecular formula is C69H72BrF7N6O18. The lowest BCUT2D eigenvalue weighted by molar-refractivity contribution is 0.0511. The fraction of sp³-hybridized carbons (Fsp3) is 0.261. The van der Waals surface area contributed by atoms with Crippen LogP contribution in [-0.4, -0.2) is 107 Å². The monoisotopic (exact) mass is 1480 g/mol. The second-order valence-electron chi connectivity index (χ2n) is 22.1. The number of nitrogens with zero attached hydrogens (tertiary/aromatic N) is 3. The Bertz CT molecular complexity index is 4050. The molecular weight excluding hydrogens is 1410 g/mol. The van der Waals surface area contributed by atoms with E-state index in [1.807, 2.05) is 0 Å². The van der Waals surface area contributed by atoms with Crippen LogP contribution in [0, 0.1) is 54.6 Å². The number of benzene rings is 7. The molecule has 0 unspecified atom stereocenters. The maximum Gasteiger partial charge on any atom is 0.407 e. The Morgan fingerprint density at radius 2 is 0.693 bits per heavy atom. The lowest BCUT2D eigenvalue weighted by Crippen LogP contribution is -2.32. The first-order chi connectivity index (χ1) is 47.1. The van der Waals surface area contributed by atoms with Crippen LogP contribution in [0.25, 0.3) is 10.4 Å². The summed E-state index contributed by atoms with van der Waals surface area (Å²) in [4.78, 5) is 100. The average Bonchev–Trinajstić information content (AvgIpc) is 0.903. The number of carboxylic acid groups (broad SMARTS) is 4. The maximum atomic E-state index is 13.7. The first kappa shape index (κ1) is 87.6. The lowest BCUT2D eigenvalue weighted by atomic mass is 10.1. The Morgan fingerprint density at radius 1 is 0.436 bits per heavy atom. The van der Waals surface area contributed by atoms with Gasteiger partial charge in [-0.05, 0) is 168 Å². The van der Waals surface area contributed by atoms with E-state index in [0.717, 1.165) is 42.5 Å². The number of alkyl halides is 1. The number of carboxylic acids is 4. The van der Waals surface area contributed by atoms with E-state index in [9.17, 15) is 73.9 Å². The second kappa shape index (κ2) is 43.1. The third-order valence-electron chi connectivity index (χ3n) is 12.2. The highest BCUT2D eigenvalue weighted by Crippen LogP contribution is 2.18.